The summed E-state index contributed by atoms with van der Waals surface area (Å²) in [6, 6.07) is 4.06. The highest BCUT2D eigenvalue weighted by Crippen LogP contribution is 2.26. The molecule has 1 aromatic heterocycles. The highest BCUT2D eigenvalue weighted by molar-refractivity contribution is 7.09. The third-order valence-corrected chi connectivity index (χ3v) is 4.26. The van der Waals surface area contributed by atoms with E-state index in [0.717, 1.165) is 25.7 Å². The monoisotopic (exact) mass is 253 g/mol. The Morgan fingerprint density at radius 2 is 2.18 bits per heavy atom. The average molecular weight is 253 g/mol. The summed E-state index contributed by atoms with van der Waals surface area (Å²) in [6.07, 6.45) is 3.00. The molecular weight excluding hydrogens is 234 g/mol. The van der Waals surface area contributed by atoms with Gasteiger partial charge in [0.15, 0.2) is 0 Å². The van der Waals surface area contributed by atoms with Crippen molar-refractivity contribution in [3.8, 4) is 0 Å². The van der Waals surface area contributed by atoms with Crippen LogP contribution in [-0.2, 0) is 11.3 Å². The first-order valence-electron chi connectivity index (χ1n) is 6.12. The lowest BCUT2D eigenvalue weighted by Crippen LogP contribution is -2.35. The van der Waals surface area contributed by atoms with E-state index in [1.807, 2.05) is 23.4 Å². The van der Waals surface area contributed by atoms with Gasteiger partial charge in [0.25, 0.3) is 0 Å². The molecule has 2 rings (SSSR count). The van der Waals surface area contributed by atoms with Crippen LogP contribution in [0.25, 0.3) is 0 Å². The second-order valence-corrected chi connectivity index (χ2v) is 5.81. The molecule has 1 saturated carbocycles. The van der Waals surface area contributed by atoms with Crippen molar-refractivity contribution in [2.24, 2.45) is 5.92 Å². The number of carbonyl (C=O) groups excluding carboxylic acids is 1. The Labute approximate surface area is 106 Å². The molecule has 1 heterocycles. The van der Waals surface area contributed by atoms with Crippen LogP contribution >= 0.6 is 11.3 Å². The molecule has 0 aromatic carbocycles. The molecule has 1 aliphatic carbocycles. The average Bonchev–Trinajstić information content (AvgIpc) is 2.82. The third kappa shape index (κ3) is 3.30. The van der Waals surface area contributed by atoms with Crippen molar-refractivity contribution in [1.29, 1.82) is 0 Å². The standard InChI is InChI=1S/C13H19NO2S/c1-14(9-12-3-2-8-17-12)13(16)10-4-6-11(15)7-5-10/h2-3,8,10-11,15H,4-7,9H2,1H3. The van der Waals surface area contributed by atoms with E-state index in [2.05, 4.69) is 6.07 Å². The number of thiophene rings is 1. The molecule has 0 unspecified atom stereocenters. The second-order valence-electron chi connectivity index (χ2n) is 4.78. The van der Waals surface area contributed by atoms with Gasteiger partial charge in [-0.1, -0.05) is 6.07 Å². The van der Waals surface area contributed by atoms with Crippen LogP contribution in [0.1, 0.15) is 30.6 Å². The van der Waals surface area contributed by atoms with Crippen molar-refractivity contribution in [1.82, 2.24) is 4.90 Å². The van der Waals surface area contributed by atoms with E-state index >= 15 is 0 Å². The largest absolute Gasteiger partial charge is 0.393 e. The zero-order valence-corrected chi connectivity index (χ0v) is 10.9. The van der Waals surface area contributed by atoms with Crippen LogP contribution in [0.4, 0.5) is 0 Å². The van der Waals surface area contributed by atoms with Gasteiger partial charge in [-0.2, -0.15) is 0 Å². The smallest absolute Gasteiger partial charge is 0.225 e. The summed E-state index contributed by atoms with van der Waals surface area (Å²) in [6.45, 7) is 0.704. The van der Waals surface area contributed by atoms with Crippen LogP contribution < -0.4 is 0 Å². The molecule has 1 amide bonds. The minimum absolute atomic E-state index is 0.114. The van der Waals surface area contributed by atoms with E-state index in [9.17, 15) is 9.90 Å². The van der Waals surface area contributed by atoms with Crippen molar-refractivity contribution in [2.45, 2.75) is 38.3 Å². The molecule has 0 atom stereocenters. The molecule has 0 bridgehead atoms. The number of aliphatic hydroxyl groups is 1. The van der Waals surface area contributed by atoms with Crippen LogP contribution in [-0.4, -0.2) is 29.1 Å². The first-order chi connectivity index (χ1) is 8.16. The van der Waals surface area contributed by atoms with E-state index in [-0.39, 0.29) is 17.9 Å². The third-order valence-electron chi connectivity index (χ3n) is 3.40. The maximum Gasteiger partial charge on any atom is 0.225 e. The Bertz CT molecular complexity index is 356. The number of aliphatic hydroxyl groups excluding tert-OH is 1. The highest BCUT2D eigenvalue weighted by Gasteiger charge is 2.27. The van der Waals surface area contributed by atoms with Crippen molar-refractivity contribution >= 4 is 17.2 Å². The van der Waals surface area contributed by atoms with E-state index < -0.39 is 0 Å². The first kappa shape index (κ1) is 12.6. The highest BCUT2D eigenvalue weighted by atomic mass is 32.1. The molecule has 1 aliphatic rings. The van der Waals surface area contributed by atoms with Gasteiger partial charge in [0.05, 0.1) is 12.6 Å². The zero-order valence-electron chi connectivity index (χ0n) is 10.1. The zero-order chi connectivity index (χ0) is 12.3. The topological polar surface area (TPSA) is 40.5 Å². The number of hydrogen-bond donors (Lipinski definition) is 1. The van der Waals surface area contributed by atoms with Gasteiger partial charge in [0.1, 0.15) is 0 Å². The molecule has 1 N–H and O–H groups in total. The summed E-state index contributed by atoms with van der Waals surface area (Å²) in [5.41, 5.74) is 0. The summed E-state index contributed by atoms with van der Waals surface area (Å²) in [5, 5.41) is 11.5. The lowest BCUT2D eigenvalue weighted by Gasteiger charge is -2.28. The van der Waals surface area contributed by atoms with Crippen molar-refractivity contribution < 1.29 is 9.90 Å². The Hall–Kier alpha value is -0.870. The van der Waals surface area contributed by atoms with E-state index in [1.165, 1.54) is 4.88 Å². The normalized spacial score (nSPS) is 24.6. The fourth-order valence-corrected chi connectivity index (χ4v) is 3.11. The summed E-state index contributed by atoms with van der Waals surface area (Å²) >= 11 is 1.68. The number of nitrogens with zero attached hydrogens (tertiary/aromatic N) is 1. The van der Waals surface area contributed by atoms with Crippen molar-refractivity contribution in [3.63, 3.8) is 0 Å². The Morgan fingerprint density at radius 1 is 1.47 bits per heavy atom. The maximum atomic E-state index is 12.2. The van der Waals surface area contributed by atoms with Crippen LogP contribution in [0.2, 0.25) is 0 Å². The molecule has 0 spiro atoms. The maximum absolute atomic E-state index is 12.2. The van der Waals surface area contributed by atoms with Gasteiger partial charge in [0.2, 0.25) is 5.91 Å². The SMILES string of the molecule is CN(Cc1cccs1)C(=O)C1CCC(O)CC1. The number of amides is 1. The van der Waals surface area contributed by atoms with E-state index in [0.29, 0.717) is 6.54 Å². The molecule has 4 heteroatoms. The van der Waals surface area contributed by atoms with Crippen LogP contribution in [0.15, 0.2) is 17.5 Å². The molecule has 94 valence electrons. The fourth-order valence-electron chi connectivity index (χ4n) is 2.35. The van der Waals surface area contributed by atoms with Gasteiger partial charge in [-0.15, -0.1) is 11.3 Å². The van der Waals surface area contributed by atoms with Gasteiger partial charge in [0, 0.05) is 17.8 Å². The lowest BCUT2D eigenvalue weighted by atomic mass is 9.86. The lowest BCUT2D eigenvalue weighted by molar-refractivity contribution is -0.136. The predicted octanol–water partition coefficient (Wildman–Crippen LogP) is 2.26. The van der Waals surface area contributed by atoms with E-state index in [1.54, 1.807) is 11.3 Å². The Kier molecular flexibility index (Phi) is 4.18. The van der Waals surface area contributed by atoms with Gasteiger partial charge in [-0.05, 0) is 37.1 Å². The predicted molar refractivity (Wildman–Crippen MR) is 68.8 cm³/mol. The molecule has 1 fully saturated rings. The number of hydrogen-bond acceptors (Lipinski definition) is 3. The first-order valence-corrected chi connectivity index (χ1v) is 7.00. The Morgan fingerprint density at radius 3 is 2.76 bits per heavy atom. The molecule has 3 nitrogen and oxygen atoms in total. The van der Waals surface area contributed by atoms with E-state index in [4.69, 9.17) is 0 Å². The molecule has 0 saturated heterocycles. The summed E-state index contributed by atoms with van der Waals surface area (Å²) < 4.78 is 0. The van der Waals surface area contributed by atoms with Crippen molar-refractivity contribution in [3.05, 3.63) is 22.4 Å². The molecule has 0 aliphatic heterocycles. The molecule has 0 radical (unpaired) electrons. The van der Waals surface area contributed by atoms with Gasteiger partial charge in [-0.25, -0.2) is 0 Å². The van der Waals surface area contributed by atoms with Gasteiger partial charge >= 0.3 is 0 Å². The minimum Gasteiger partial charge on any atom is -0.393 e. The Balaban J connectivity index is 1.86. The number of rotatable bonds is 3. The quantitative estimate of drug-likeness (QED) is 0.897. The van der Waals surface area contributed by atoms with Gasteiger partial charge in [-0.3, -0.25) is 4.79 Å². The molecule has 17 heavy (non-hydrogen) atoms. The van der Waals surface area contributed by atoms with Crippen LogP contribution in [0, 0.1) is 5.92 Å². The second kappa shape index (κ2) is 5.65. The minimum atomic E-state index is -0.193. The van der Waals surface area contributed by atoms with Crippen LogP contribution in [0.5, 0.6) is 0 Å². The summed E-state index contributed by atoms with van der Waals surface area (Å²) in [4.78, 5) is 15.2. The van der Waals surface area contributed by atoms with Crippen LogP contribution in [0.3, 0.4) is 0 Å². The summed E-state index contributed by atoms with van der Waals surface area (Å²) in [7, 11) is 1.87. The summed E-state index contributed by atoms with van der Waals surface area (Å²) in [5.74, 6) is 0.341. The number of carbonyl (C=O) groups is 1. The van der Waals surface area contributed by atoms with Crippen molar-refractivity contribution in [2.75, 3.05) is 7.05 Å². The fraction of sp³-hybridized carbons (Fsp3) is 0.615. The molecular formula is C13H19NO2S. The van der Waals surface area contributed by atoms with Gasteiger partial charge < -0.3 is 10.0 Å². The molecule has 1 aromatic rings.